The van der Waals surface area contributed by atoms with Gasteiger partial charge in [0, 0.05) is 5.02 Å². The molecule has 2 heteroatoms. The first-order valence-electron chi connectivity index (χ1n) is 5.80. The van der Waals surface area contributed by atoms with E-state index in [1.54, 1.807) is 0 Å². The van der Waals surface area contributed by atoms with Crippen LogP contribution in [0.25, 0.3) is 0 Å². The quantitative estimate of drug-likeness (QED) is 0.830. The number of hydrogen-bond acceptors (Lipinski definition) is 1. The van der Waals surface area contributed by atoms with Gasteiger partial charge in [0.15, 0.2) is 0 Å². The number of rotatable bonds is 3. The highest BCUT2D eigenvalue weighted by atomic mass is 35.5. The number of piperidine rings is 1. The van der Waals surface area contributed by atoms with Crippen LogP contribution in [0.3, 0.4) is 0 Å². The third-order valence-corrected chi connectivity index (χ3v) is 3.42. The topological polar surface area (TPSA) is 12.0 Å². The van der Waals surface area contributed by atoms with E-state index in [1.165, 1.54) is 44.3 Å². The summed E-state index contributed by atoms with van der Waals surface area (Å²) in [6.07, 6.45) is 5.15. The Balaban J connectivity index is 1.81. The summed E-state index contributed by atoms with van der Waals surface area (Å²) in [4.78, 5) is 0. The number of aryl methyl sites for hydroxylation is 1. The number of nitrogens with one attached hydrogen (secondary N) is 1. The van der Waals surface area contributed by atoms with Gasteiger partial charge >= 0.3 is 0 Å². The van der Waals surface area contributed by atoms with Crippen molar-refractivity contribution in [1.29, 1.82) is 0 Å². The first-order valence-corrected chi connectivity index (χ1v) is 6.17. The average Bonchev–Trinajstić information content (AvgIpc) is 2.28. The van der Waals surface area contributed by atoms with E-state index in [1.807, 2.05) is 12.1 Å². The molecule has 1 heterocycles. The Morgan fingerprint density at radius 1 is 1.27 bits per heavy atom. The van der Waals surface area contributed by atoms with Gasteiger partial charge in [-0.1, -0.05) is 23.7 Å². The molecule has 0 amide bonds. The average molecular weight is 224 g/mol. The number of hydrogen-bond donors (Lipinski definition) is 1. The fourth-order valence-corrected chi connectivity index (χ4v) is 2.45. The van der Waals surface area contributed by atoms with E-state index in [4.69, 9.17) is 11.6 Å². The van der Waals surface area contributed by atoms with E-state index in [0.717, 1.165) is 10.9 Å². The van der Waals surface area contributed by atoms with Crippen molar-refractivity contribution in [3.8, 4) is 0 Å². The number of halogens is 1. The minimum absolute atomic E-state index is 0.859. The Hall–Kier alpha value is -0.530. The molecule has 1 fully saturated rings. The molecule has 1 aromatic rings. The van der Waals surface area contributed by atoms with Gasteiger partial charge in [-0.25, -0.2) is 0 Å². The fraction of sp³-hybridized carbons (Fsp3) is 0.538. The summed E-state index contributed by atoms with van der Waals surface area (Å²) in [7, 11) is 0. The van der Waals surface area contributed by atoms with E-state index in [9.17, 15) is 0 Å². The lowest BCUT2D eigenvalue weighted by atomic mass is 9.91. The first kappa shape index (κ1) is 11.0. The number of benzene rings is 1. The zero-order chi connectivity index (χ0) is 10.5. The Kier molecular flexibility index (Phi) is 4.04. The third-order valence-electron chi connectivity index (χ3n) is 3.19. The maximum Gasteiger partial charge on any atom is 0.0408 e. The molecule has 0 spiro atoms. The van der Waals surface area contributed by atoms with Crippen molar-refractivity contribution in [1.82, 2.24) is 5.32 Å². The SMILES string of the molecule is Clc1cccc(CCC2CCNCC2)c1. The minimum Gasteiger partial charge on any atom is -0.317 e. The molecular weight excluding hydrogens is 206 g/mol. The van der Waals surface area contributed by atoms with Gasteiger partial charge in [0.2, 0.25) is 0 Å². The molecule has 1 saturated heterocycles. The van der Waals surface area contributed by atoms with Gasteiger partial charge in [0.1, 0.15) is 0 Å². The molecular formula is C13H18ClN. The van der Waals surface area contributed by atoms with Crippen molar-refractivity contribution < 1.29 is 0 Å². The lowest BCUT2D eigenvalue weighted by molar-refractivity contribution is 0.354. The van der Waals surface area contributed by atoms with Crippen LogP contribution in [0.5, 0.6) is 0 Å². The Labute approximate surface area is 96.8 Å². The van der Waals surface area contributed by atoms with Crippen LogP contribution in [0.2, 0.25) is 5.02 Å². The summed E-state index contributed by atoms with van der Waals surface area (Å²) < 4.78 is 0. The summed E-state index contributed by atoms with van der Waals surface area (Å²) in [6, 6.07) is 8.24. The lowest BCUT2D eigenvalue weighted by Crippen LogP contribution is -2.27. The van der Waals surface area contributed by atoms with E-state index < -0.39 is 0 Å². The molecule has 2 rings (SSSR count). The van der Waals surface area contributed by atoms with Crippen LogP contribution < -0.4 is 5.32 Å². The first-order chi connectivity index (χ1) is 7.34. The van der Waals surface area contributed by atoms with Crippen molar-refractivity contribution in [2.75, 3.05) is 13.1 Å². The maximum absolute atomic E-state index is 5.96. The van der Waals surface area contributed by atoms with Gasteiger partial charge in [-0.15, -0.1) is 0 Å². The van der Waals surface area contributed by atoms with Crippen LogP contribution in [0.1, 0.15) is 24.8 Å². The molecule has 0 atom stereocenters. The summed E-state index contributed by atoms with van der Waals surface area (Å²) in [6.45, 7) is 2.39. The summed E-state index contributed by atoms with van der Waals surface area (Å²) >= 11 is 5.96. The van der Waals surface area contributed by atoms with Crippen molar-refractivity contribution in [3.05, 3.63) is 34.9 Å². The highest BCUT2D eigenvalue weighted by molar-refractivity contribution is 6.30. The summed E-state index contributed by atoms with van der Waals surface area (Å²) in [5.74, 6) is 0.908. The summed E-state index contributed by atoms with van der Waals surface area (Å²) in [5.41, 5.74) is 1.38. The van der Waals surface area contributed by atoms with Crippen molar-refractivity contribution in [2.24, 2.45) is 5.92 Å². The second-order valence-corrected chi connectivity index (χ2v) is 4.80. The smallest absolute Gasteiger partial charge is 0.0408 e. The third kappa shape index (κ3) is 3.51. The molecule has 1 nitrogen and oxygen atoms in total. The predicted molar refractivity (Wildman–Crippen MR) is 65.4 cm³/mol. The van der Waals surface area contributed by atoms with Gasteiger partial charge in [0.05, 0.1) is 0 Å². The van der Waals surface area contributed by atoms with E-state index in [2.05, 4.69) is 17.4 Å². The molecule has 82 valence electrons. The monoisotopic (exact) mass is 223 g/mol. The molecule has 1 aliphatic heterocycles. The van der Waals surface area contributed by atoms with Crippen LogP contribution in [0.15, 0.2) is 24.3 Å². The van der Waals surface area contributed by atoms with E-state index >= 15 is 0 Å². The Bertz CT molecular complexity index is 305. The molecule has 1 aliphatic rings. The van der Waals surface area contributed by atoms with E-state index in [0.29, 0.717) is 0 Å². The van der Waals surface area contributed by atoms with Crippen LogP contribution in [-0.2, 0) is 6.42 Å². The van der Waals surface area contributed by atoms with Crippen LogP contribution in [-0.4, -0.2) is 13.1 Å². The standard InChI is InChI=1S/C13H18ClN/c14-13-3-1-2-12(10-13)5-4-11-6-8-15-9-7-11/h1-3,10-11,15H,4-9H2. The van der Waals surface area contributed by atoms with Crippen molar-refractivity contribution in [2.45, 2.75) is 25.7 Å². The molecule has 1 N–H and O–H groups in total. The normalized spacial score (nSPS) is 17.9. The zero-order valence-electron chi connectivity index (χ0n) is 9.01. The van der Waals surface area contributed by atoms with Gasteiger partial charge < -0.3 is 5.32 Å². The molecule has 0 radical (unpaired) electrons. The lowest BCUT2D eigenvalue weighted by Gasteiger charge is -2.22. The molecule has 1 aromatic carbocycles. The highest BCUT2D eigenvalue weighted by Gasteiger charge is 2.12. The molecule has 0 saturated carbocycles. The molecule has 0 aliphatic carbocycles. The fourth-order valence-electron chi connectivity index (χ4n) is 2.23. The zero-order valence-corrected chi connectivity index (χ0v) is 9.76. The molecule has 0 unspecified atom stereocenters. The Morgan fingerprint density at radius 2 is 2.07 bits per heavy atom. The second-order valence-electron chi connectivity index (χ2n) is 4.36. The van der Waals surface area contributed by atoms with E-state index in [-0.39, 0.29) is 0 Å². The van der Waals surface area contributed by atoms with Crippen LogP contribution in [0.4, 0.5) is 0 Å². The second kappa shape index (κ2) is 5.53. The molecule has 15 heavy (non-hydrogen) atoms. The van der Waals surface area contributed by atoms with Crippen molar-refractivity contribution in [3.63, 3.8) is 0 Å². The molecule has 0 aromatic heterocycles. The summed E-state index contributed by atoms with van der Waals surface area (Å²) in [5, 5.41) is 4.26. The van der Waals surface area contributed by atoms with Crippen molar-refractivity contribution >= 4 is 11.6 Å². The Morgan fingerprint density at radius 3 is 2.80 bits per heavy atom. The maximum atomic E-state index is 5.96. The predicted octanol–water partition coefficient (Wildman–Crippen LogP) is 3.27. The highest BCUT2D eigenvalue weighted by Crippen LogP contribution is 2.20. The minimum atomic E-state index is 0.859. The van der Waals surface area contributed by atoms with Gasteiger partial charge in [0.25, 0.3) is 0 Å². The van der Waals surface area contributed by atoms with Gasteiger partial charge in [-0.3, -0.25) is 0 Å². The van der Waals surface area contributed by atoms with Gasteiger partial charge in [-0.2, -0.15) is 0 Å². The van der Waals surface area contributed by atoms with Gasteiger partial charge in [-0.05, 0) is 62.4 Å². The van der Waals surface area contributed by atoms with Crippen LogP contribution in [0, 0.1) is 5.92 Å². The largest absolute Gasteiger partial charge is 0.317 e. The molecule has 0 bridgehead atoms. The van der Waals surface area contributed by atoms with Crippen LogP contribution >= 0.6 is 11.6 Å².